The molecule has 2 rings (SSSR count). The van der Waals surface area contributed by atoms with Crippen molar-refractivity contribution in [3.8, 4) is 11.4 Å². The van der Waals surface area contributed by atoms with Crippen LogP contribution in [0.2, 0.25) is 5.02 Å². The van der Waals surface area contributed by atoms with Gasteiger partial charge in [-0.2, -0.15) is 10.2 Å². The molecule has 6 heteroatoms. The summed E-state index contributed by atoms with van der Waals surface area (Å²) in [5.41, 5.74) is 2.03. The molecule has 0 amide bonds. The molecule has 2 aromatic rings. The highest BCUT2D eigenvalue weighted by atomic mass is 35.5. The fourth-order valence-electron chi connectivity index (χ4n) is 2.03. The van der Waals surface area contributed by atoms with Gasteiger partial charge in [-0.25, -0.2) is 0 Å². The molecular formula is C13H17ClN4O. The Labute approximate surface area is 117 Å². The normalized spacial score (nSPS) is 11.3. The Kier molecular flexibility index (Phi) is 3.75. The van der Waals surface area contributed by atoms with Crippen LogP contribution in [0.5, 0.6) is 0 Å². The zero-order valence-electron chi connectivity index (χ0n) is 11.5. The highest BCUT2D eigenvalue weighted by Crippen LogP contribution is 2.29. The van der Waals surface area contributed by atoms with E-state index in [4.69, 9.17) is 11.6 Å². The molecule has 0 saturated heterocycles. The number of ketones is 1. The average Bonchev–Trinajstić information content (AvgIpc) is 2.91. The van der Waals surface area contributed by atoms with E-state index in [1.807, 2.05) is 25.5 Å². The van der Waals surface area contributed by atoms with Crippen LogP contribution in [0.3, 0.4) is 0 Å². The molecule has 2 heterocycles. The first kappa shape index (κ1) is 13.8. The molecule has 0 aliphatic carbocycles. The zero-order valence-corrected chi connectivity index (χ0v) is 12.3. The fourth-order valence-corrected chi connectivity index (χ4v) is 2.26. The summed E-state index contributed by atoms with van der Waals surface area (Å²) >= 11 is 6.19. The second-order valence-electron chi connectivity index (χ2n) is 4.67. The number of aryl methyl sites for hydroxylation is 1. The van der Waals surface area contributed by atoms with Crippen LogP contribution in [0.4, 0.5) is 0 Å². The molecule has 0 aromatic carbocycles. The lowest BCUT2D eigenvalue weighted by Gasteiger charge is -2.09. The number of rotatable bonds is 4. The van der Waals surface area contributed by atoms with Crippen LogP contribution in [0, 0.1) is 0 Å². The molecule has 5 nitrogen and oxygen atoms in total. The predicted molar refractivity (Wildman–Crippen MR) is 74.5 cm³/mol. The van der Waals surface area contributed by atoms with Gasteiger partial charge in [0.2, 0.25) is 0 Å². The summed E-state index contributed by atoms with van der Waals surface area (Å²) in [5.74, 6) is -0.00710. The molecule has 2 aromatic heterocycles. The lowest BCUT2D eigenvalue weighted by Crippen LogP contribution is -2.07. The van der Waals surface area contributed by atoms with Crippen LogP contribution in [0.1, 0.15) is 44.2 Å². The maximum absolute atomic E-state index is 11.6. The number of carbonyl (C=O) groups is 1. The van der Waals surface area contributed by atoms with Gasteiger partial charge in [0.25, 0.3) is 0 Å². The molecule has 0 N–H and O–H groups in total. The fraction of sp³-hybridized carbons (Fsp3) is 0.462. The van der Waals surface area contributed by atoms with E-state index in [9.17, 15) is 4.79 Å². The first-order valence-corrected chi connectivity index (χ1v) is 6.65. The van der Waals surface area contributed by atoms with Gasteiger partial charge in [-0.05, 0) is 26.8 Å². The monoisotopic (exact) mass is 280 g/mol. The minimum absolute atomic E-state index is 0.00710. The number of hydrogen-bond acceptors (Lipinski definition) is 3. The van der Waals surface area contributed by atoms with Crippen molar-refractivity contribution < 1.29 is 4.79 Å². The Morgan fingerprint density at radius 2 is 2.16 bits per heavy atom. The van der Waals surface area contributed by atoms with Crippen molar-refractivity contribution in [1.29, 1.82) is 0 Å². The quantitative estimate of drug-likeness (QED) is 0.808. The molecule has 19 heavy (non-hydrogen) atoms. The lowest BCUT2D eigenvalue weighted by molar-refractivity contribution is 0.100. The van der Waals surface area contributed by atoms with Gasteiger partial charge < -0.3 is 0 Å². The Bertz CT molecular complexity index is 612. The summed E-state index contributed by atoms with van der Waals surface area (Å²) < 4.78 is 3.50. The second kappa shape index (κ2) is 5.17. The Morgan fingerprint density at radius 3 is 2.63 bits per heavy atom. The molecule has 0 aliphatic heterocycles. The van der Waals surface area contributed by atoms with Gasteiger partial charge in [-0.3, -0.25) is 14.2 Å². The minimum atomic E-state index is -0.00710. The van der Waals surface area contributed by atoms with Gasteiger partial charge in [0.15, 0.2) is 5.78 Å². The van der Waals surface area contributed by atoms with E-state index in [0.29, 0.717) is 23.0 Å². The Balaban J connectivity index is 2.59. The van der Waals surface area contributed by atoms with Crippen LogP contribution < -0.4 is 0 Å². The topological polar surface area (TPSA) is 52.7 Å². The van der Waals surface area contributed by atoms with Crippen LogP contribution >= 0.6 is 11.6 Å². The van der Waals surface area contributed by atoms with E-state index in [1.54, 1.807) is 16.9 Å². The van der Waals surface area contributed by atoms with E-state index in [-0.39, 0.29) is 11.8 Å². The second-order valence-corrected chi connectivity index (χ2v) is 5.07. The molecule has 102 valence electrons. The van der Waals surface area contributed by atoms with E-state index >= 15 is 0 Å². The van der Waals surface area contributed by atoms with Gasteiger partial charge >= 0.3 is 0 Å². The number of hydrogen-bond donors (Lipinski definition) is 0. The maximum Gasteiger partial charge on any atom is 0.177 e. The third-order valence-corrected chi connectivity index (χ3v) is 3.20. The maximum atomic E-state index is 11.6. The van der Waals surface area contributed by atoms with Crippen molar-refractivity contribution in [2.75, 3.05) is 0 Å². The molecule has 0 unspecified atom stereocenters. The van der Waals surface area contributed by atoms with Crippen LogP contribution in [-0.4, -0.2) is 25.3 Å². The lowest BCUT2D eigenvalue weighted by atomic mass is 10.2. The molecule has 0 bridgehead atoms. The van der Waals surface area contributed by atoms with E-state index in [1.165, 1.54) is 6.92 Å². The summed E-state index contributed by atoms with van der Waals surface area (Å²) in [6.45, 7) is 8.17. The van der Waals surface area contributed by atoms with Crippen molar-refractivity contribution in [1.82, 2.24) is 19.6 Å². The molecule has 0 fully saturated rings. The number of aromatic nitrogens is 4. The van der Waals surface area contributed by atoms with Crippen LogP contribution in [0.15, 0.2) is 12.3 Å². The van der Waals surface area contributed by atoms with Gasteiger partial charge in [0.1, 0.15) is 17.1 Å². The smallest absolute Gasteiger partial charge is 0.177 e. The molecular weight excluding hydrogens is 264 g/mol. The van der Waals surface area contributed by atoms with Crippen LogP contribution in [-0.2, 0) is 6.54 Å². The van der Waals surface area contributed by atoms with Crippen molar-refractivity contribution >= 4 is 17.4 Å². The van der Waals surface area contributed by atoms with Crippen molar-refractivity contribution in [2.45, 2.75) is 40.3 Å². The number of halogens is 1. The van der Waals surface area contributed by atoms with Crippen molar-refractivity contribution in [2.24, 2.45) is 0 Å². The van der Waals surface area contributed by atoms with Crippen molar-refractivity contribution in [3.63, 3.8) is 0 Å². The van der Waals surface area contributed by atoms with E-state index in [0.717, 1.165) is 5.69 Å². The summed E-state index contributed by atoms with van der Waals surface area (Å²) in [5, 5.41) is 9.24. The summed E-state index contributed by atoms with van der Waals surface area (Å²) in [4.78, 5) is 11.6. The minimum Gasteiger partial charge on any atom is -0.293 e. The average molecular weight is 281 g/mol. The summed E-state index contributed by atoms with van der Waals surface area (Å²) in [6, 6.07) is 1.95. The van der Waals surface area contributed by atoms with Gasteiger partial charge in [-0.15, -0.1) is 0 Å². The third-order valence-electron chi connectivity index (χ3n) is 2.92. The standard InChI is InChI=1S/C13H17ClN4O/c1-5-17-12(9(4)19)6-11(16-17)13-10(14)7-15-18(13)8(2)3/h6-8H,5H2,1-4H3. The summed E-state index contributed by atoms with van der Waals surface area (Å²) in [6.07, 6.45) is 1.61. The van der Waals surface area contributed by atoms with E-state index < -0.39 is 0 Å². The SMILES string of the molecule is CCn1nc(-c2c(Cl)cnn2C(C)C)cc1C(C)=O. The van der Waals surface area contributed by atoms with Gasteiger partial charge in [0.05, 0.1) is 11.2 Å². The molecule has 0 radical (unpaired) electrons. The first-order chi connectivity index (χ1) is 8.95. The zero-order chi connectivity index (χ0) is 14.2. The number of nitrogens with zero attached hydrogens (tertiary/aromatic N) is 4. The predicted octanol–water partition coefficient (Wildman–Crippen LogP) is 3.20. The Morgan fingerprint density at radius 1 is 1.47 bits per heavy atom. The number of Topliss-reactive ketones (excluding diaryl/α,β-unsaturated/α-hetero) is 1. The first-order valence-electron chi connectivity index (χ1n) is 6.27. The highest BCUT2D eigenvalue weighted by Gasteiger charge is 2.19. The summed E-state index contributed by atoms with van der Waals surface area (Å²) in [7, 11) is 0. The largest absolute Gasteiger partial charge is 0.293 e. The Hall–Kier alpha value is -1.62. The molecule has 0 spiro atoms. The highest BCUT2D eigenvalue weighted by molar-refractivity contribution is 6.32. The van der Waals surface area contributed by atoms with Crippen LogP contribution in [0.25, 0.3) is 11.4 Å². The van der Waals surface area contributed by atoms with Gasteiger partial charge in [-0.1, -0.05) is 11.6 Å². The molecule has 0 atom stereocenters. The number of carbonyl (C=O) groups excluding carboxylic acids is 1. The van der Waals surface area contributed by atoms with E-state index in [2.05, 4.69) is 10.2 Å². The third kappa shape index (κ3) is 2.42. The molecule has 0 saturated carbocycles. The van der Waals surface area contributed by atoms with Gasteiger partial charge in [0, 0.05) is 19.5 Å². The van der Waals surface area contributed by atoms with Crippen molar-refractivity contribution in [3.05, 3.63) is 23.0 Å². The molecule has 0 aliphatic rings.